The summed E-state index contributed by atoms with van der Waals surface area (Å²) >= 11 is 1.82. The minimum atomic E-state index is 0. The van der Waals surface area contributed by atoms with Crippen molar-refractivity contribution in [2.45, 2.75) is 52.4 Å². The normalized spacial score (nSPS) is 14.5. The van der Waals surface area contributed by atoms with Crippen LogP contribution in [0.5, 0.6) is 0 Å². The smallest absolute Gasteiger partial charge is 0.191 e. The summed E-state index contributed by atoms with van der Waals surface area (Å²) in [7, 11) is 0. The Bertz CT molecular complexity index is 443. The van der Waals surface area contributed by atoms with E-state index in [0.29, 0.717) is 0 Å². The van der Waals surface area contributed by atoms with Crippen LogP contribution < -0.4 is 10.6 Å². The molecule has 126 valence electrons. The van der Waals surface area contributed by atoms with Gasteiger partial charge in [0, 0.05) is 37.1 Å². The van der Waals surface area contributed by atoms with Crippen LogP contribution >= 0.6 is 35.3 Å². The molecular formula is C16H29IN4S. The van der Waals surface area contributed by atoms with Crippen LogP contribution in [0, 0.1) is 5.92 Å². The lowest BCUT2D eigenvalue weighted by atomic mass is 10.2. The van der Waals surface area contributed by atoms with Gasteiger partial charge >= 0.3 is 0 Å². The minimum Gasteiger partial charge on any atom is -0.357 e. The molecule has 2 rings (SSSR count). The molecule has 1 aliphatic rings. The molecule has 6 heteroatoms. The van der Waals surface area contributed by atoms with Gasteiger partial charge in [-0.15, -0.1) is 35.3 Å². The number of guanidine groups is 1. The molecule has 0 amide bonds. The third-order valence-corrected chi connectivity index (χ3v) is 4.86. The molecule has 1 aromatic heterocycles. The molecule has 1 saturated carbocycles. The van der Waals surface area contributed by atoms with Gasteiger partial charge in [0.05, 0.1) is 5.01 Å². The summed E-state index contributed by atoms with van der Waals surface area (Å²) in [6, 6.07) is 0. The standard InChI is InChI=1S/C16H28N4S.HI/c1-3-14-12-20-15(21-14)9-11-19-16(17-4-2)18-10-5-6-13-7-8-13;/h12-13H,3-11H2,1-2H3,(H2,17,18,19);1H. The summed E-state index contributed by atoms with van der Waals surface area (Å²) in [4.78, 5) is 10.5. The second kappa shape index (κ2) is 11.2. The molecule has 2 N–H and O–H groups in total. The molecule has 0 bridgehead atoms. The van der Waals surface area contributed by atoms with Crippen LogP contribution in [0.1, 0.15) is 49.4 Å². The fraction of sp³-hybridized carbons (Fsp3) is 0.750. The van der Waals surface area contributed by atoms with Gasteiger partial charge < -0.3 is 10.6 Å². The third kappa shape index (κ3) is 7.76. The van der Waals surface area contributed by atoms with Crippen molar-refractivity contribution >= 4 is 41.3 Å². The van der Waals surface area contributed by atoms with Crippen LogP contribution in [0.4, 0.5) is 0 Å². The molecule has 0 aliphatic heterocycles. The van der Waals surface area contributed by atoms with E-state index in [9.17, 15) is 0 Å². The van der Waals surface area contributed by atoms with E-state index in [2.05, 4.69) is 34.5 Å². The summed E-state index contributed by atoms with van der Waals surface area (Å²) in [5, 5.41) is 7.93. The largest absolute Gasteiger partial charge is 0.357 e. The zero-order valence-electron chi connectivity index (χ0n) is 13.7. The fourth-order valence-corrected chi connectivity index (χ4v) is 3.10. The Kier molecular flexibility index (Phi) is 10.0. The topological polar surface area (TPSA) is 49.3 Å². The number of halogens is 1. The molecule has 0 aromatic carbocycles. The van der Waals surface area contributed by atoms with Crippen molar-refractivity contribution in [1.29, 1.82) is 0 Å². The molecule has 0 spiro atoms. The van der Waals surface area contributed by atoms with Crippen molar-refractivity contribution in [2.75, 3.05) is 19.6 Å². The lowest BCUT2D eigenvalue weighted by Crippen LogP contribution is -2.38. The van der Waals surface area contributed by atoms with Gasteiger partial charge in [-0.2, -0.15) is 0 Å². The van der Waals surface area contributed by atoms with E-state index in [0.717, 1.165) is 44.4 Å². The number of rotatable bonds is 9. The number of nitrogens with one attached hydrogen (secondary N) is 2. The van der Waals surface area contributed by atoms with Gasteiger partial charge in [-0.3, -0.25) is 4.99 Å². The Morgan fingerprint density at radius 1 is 1.36 bits per heavy atom. The molecule has 4 nitrogen and oxygen atoms in total. The molecule has 1 fully saturated rings. The maximum absolute atomic E-state index is 4.64. The van der Waals surface area contributed by atoms with Crippen molar-refractivity contribution in [3.63, 3.8) is 0 Å². The van der Waals surface area contributed by atoms with E-state index in [-0.39, 0.29) is 24.0 Å². The Morgan fingerprint density at radius 3 is 2.82 bits per heavy atom. The highest BCUT2D eigenvalue weighted by atomic mass is 127. The second-order valence-electron chi connectivity index (χ2n) is 5.60. The summed E-state index contributed by atoms with van der Waals surface area (Å²) < 4.78 is 0. The van der Waals surface area contributed by atoms with Crippen LogP contribution in [-0.2, 0) is 12.8 Å². The Hall–Kier alpha value is -0.370. The van der Waals surface area contributed by atoms with Crippen molar-refractivity contribution in [3.05, 3.63) is 16.1 Å². The van der Waals surface area contributed by atoms with E-state index in [1.54, 1.807) is 0 Å². The number of hydrogen-bond donors (Lipinski definition) is 2. The number of aliphatic imine (C=N–C) groups is 1. The van der Waals surface area contributed by atoms with Gasteiger partial charge in [-0.1, -0.05) is 19.8 Å². The Morgan fingerprint density at radius 2 is 2.18 bits per heavy atom. The average molecular weight is 436 g/mol. The molecule has 0 unspecified atom stereocenters. The molecule has 0 saturated heterocycles. The van der Waals surface area contributed by atoms with Crippen LogP contribution in [0.3, 0.4) is 0 Å². The van der Waals surface area contributed by atoms with Gasteiger partial charge in [-0.05, 0) is 32.1 Å². The second-order valence-corrected chi connectivity index (χ2v) is 6.80. The van der Waals surface area contributed by atoms with E-state index in [4.69, 9.17) is 0 Å². The molecule has 0 radical (unpaired) electrons. The highest BCUT2D eigenvalue weighted by Gasteiger charge is 2.19. The maximum atomic E-state index is 4.64. The SMILES string of the molecule is CCNC(=NCCCC1CC1)NCCc1ncc(CC)s1.I. The summed E-state index contributed by atoms with van der Waals surface area (Å²) in [5.74, 6) is 1.95. The predicted octanol–water partition coefficient (Wildman–Crippen LogP) is 3.61. The van der Waals surface area contributed by atoms with Gasteiger partial charge in [0.15, 0.2) is 5.96 Å². The average Bonchev–Trinajstić information content (AvgIpc) is 3.20. The van der Waals surface area contributed by atoms with E-state index < -0.39 is 0 Å². The van der Waals surface area contributed by atoms with E-state index >= 15 is 0 Å². The predicted molar refractivity (Wildman–Crippen MR) is 107 cm³/mol. The van der Waals surface area contributed by atoms with Gasteiger partial charge in [0.2, 0.25) is 0 Å². The Balaban J connectivity index is 0.00000242. The lowest BCUT2D eigenvalue weighted by molar-refractivity contribution is 0.670. The highest BCUT2D eigenvalue weighted by molar-refractivity contribution is 14.0. The maximum Gasteiger partial charge on any atom is 0.191 e. The Labute approximate surface area is 155 Å². The van der Waals surface area contributed by atoms with Crippen LogP contribution in [0.2, 0.25) is 0 Å². The minimum absolute atomic E-state index is 0. The van der Waals surface area contributed by atoms with Crippen LogP contribution in [-0.4, -0.2) is 30.6 Å². The number of aryl methyl sites for hydroxylation is 1. The summed E-state index contributed by atoms with van der Waals surface area (Å²) in [6.07, 6.45) is 9.49. The van der Waals surface area contributed by atoms with Crippen molar-refractivity contribution < 1.29 is 0 Å². The van der Waals surface area contributed by atoms with Crippen molar-refractivity contribution in [1.82, 2.24) is 15.6 Å². The highest BCUT2D eigenvalue weighted by Crippen LogP contribution is 2.33. The first kappa shape index (κ1) is 19.7. The van der Waals surface area contributed by atoms with Gasteiger partial charge in [0.25, 0.3) is 0 Å². The molecule has 1 aliphatic carbocycles. The summed E-state index contributed by atoms with van der Waals surface area (Å²) in [5.41, 5.74) is 0. The van der Waals surface area contributed by atoms with E-state index in [1.165, 1.54) is 35.6 Å². The monoisotopic (exact) mass is 436 g/mol. The molecule has 0 atom stereocenters. The first-order valence-corrected chi connectivity index (χ1v) is 9.09. The number of nitrogens with zero attached hydrogens (tertiary/aromatic N) is 2. The molecule has 1 aromatic rings. The number of hydrogen-bond acceptors (Lipinski definition) is 3. The van der Waals surface area contributed by atoms with Gasteiger partial charge in [-0.25, -0.2) is 4.98 Å². The van der Waals surface area contributed by atoms with Crippen molar-refractivity contribution in [3.8, 4) is 0 Å². The van der Waals surface area contributed by atoms with Crippen LogP contribution in [0.25, 0.3) is 0 Å². The zero-order valence-corrected chi connectivity index (χ0v) is 16.9. The van der Waals surface area contributed by atoms with Crippen molar-refractivity contribution in [2.24, 2.45) is 10.9 Å². The number of thiazole rings is 1. The van der Waals surface area contributed by atoms with E-state index in [1.807, 2.05) is 17.5 Å². The third-order valence-electron chi connectivity index (χ3n) is 3.66. The van der Waals surface area contributed by atoms with Gasteiger partial charge in [0.1, 0.15) is 0 Å². The molecular weight excluding hydrogens is 407 g/mol. The lowest BCUT2D eigenvalue weighted by Gasteiger charge is -2.10. The quantitative estimate of drug-likeness (QED) is 0.269. The summed E-state index contributed by atoms with van der Waals surface area (Å²) in [6.45, 7) is 7.02. The zero-order chi connectivity index (χ0) is 14.9. The molecule has 22 heavy (non-hydrogen) atoms. The fourth-order valence-electron chi connectivity index (χ4n) is 2.23. The first-order valence-electron chi connectivity index (χ1n) is 8.27. The first-order chi connectivity index (χ1) is 10.3. The number of aromatic nitrogens is 1. The molecule has 1 heterocycles. The van der Waals surface area contributed by atoms with Crippen LogP contribution in [0.15, 0.2) is 11.2 Å².